The minimum Gasteiger partial charge on any atom is -0.398 e. The van der Waals surface area contributed by atoms with Gasteiger partial charge in [-0.05, 0) is 59.5 Å². The van der Waals surface area contributed by atoms with E-state index in [4.69, 9.17) is 10.7 Å². The molecule has 2 aromatic rings. The summed E-state index contributed by atoms with van der Waals surface area (Å²) in [5.41, 5.74) is 11.7. The second-order valence-electron chi connectivity index (χ2n) is 4.77. The first kappa shape index (κ1) is 12.6. The van der Waals surface area contributed by atoms with Gasteiger partial charge >= 0.3 is 0 Å². The summed E-state index contributed by atoms with van der Waals surface area (Å²) < 4.78 is 1.18. The van der Waals surface area contributed by atoms with Gasteiger partial charge in [-0.1, -0.05) is 19.9 Å². The molecule has 1 aromatic heterocycles. The second-order valence-corrected chi connectivity index (χ2v) is 5.93. The lowest BCUT2D eigenvalue weighted by atomic mass is 9.96. The molecule has 0 spiro atoms. The third-order valence-corrected chi connectivity index (χ3v) is 4.03. The van der Waals surface area contributed by atoms with E-state index in [-0.39, 0.29) is 0 Å². The number of fused-ring (bicyclic) bond motifs is 1. The van der Waals surface area contributed by atoms with Crippen LogP contribution in [0, 0.1) is 17.4 Å². The van der Waals surface area contributed by atoms with Crippen LogP contribution in [0.15, 0.2) is 12.1 Å². The smallest absolute Gasteiger partial charge is 0.0765 e. The zero-order chi connectivity index (χ0) is 12.7. The highest BCUT2D eigenvalue weighted by Gasteiger charge is 2.15. The van der Waals surface area contributed by atoms with Gasteiger partial charge in [0.15, 0.2) is 0 Å². The average Bonchev–Trinajstić information content (AvgIpc) is 2.22. The molecular formula is C14H17IN2. The molecule has 90 valence electrons. The fraction of sp³-hybridized carbons (Fsp3) is 0.357. The molecular weight excluding hydrogens is 323 g/mol. The quantitative estimate of drug-likeness (QED) is 0.792. The van der Waals surface area contributed by atoms with Crippen LogP contribution in [0.2, 0.25) is 0 Å². The molecule has 0 unspecified atom stereocenters. The fourth-order valence-corrected chi connectivity index (χ4v) is 3.08. The van der Waals surface area contributed by atoms with Crippen LogP contribution in [-0.2, 0) is 0 Å². The van der Waals surface area contributed by atoms with Crippen molar-refractivity contribution in [2.24, 2.45) is 0 Å². The van der Waals surface area contributed by atoms with Gasteiger partial charge in [0.25, 0.3) is 0 Å². The Bertz CT molecular complexity index is 589. The number of benzene rings is 1. The standard InChI is InChI=1S/C14H17IN2/c1-7(2)11-9(4)17-14-8(3)5-6-10(15)12(14)13(11)16/h5-7H,1-4H3,(H2,16,17). The Hall–Kier alpha value is -0.840. The van der Waals surface area contributed by atoms with Gasteiger partial charge in [-0.25, -0.2) is 0 Å². The Labute approximate surface area is 116 Å². The van der Waals surface area contributed by atoms with E-state index >= 15 is 0 Å². The van der Waals surface area contributed by atoms with Crippen molar-refractivity contribution >= 4 is 39.2 Å². The summed E-state index contributed by atoms with van der Waals surface area (Å²) in [6, 6.07) is 4.21. The molecule has 0 bridgehead atoms. The van der Waals surface area contributed by atoms with Gasteiger partial charge in [0.2, 0.25) is 0 Å². The molecule has 0 saturated carbocycles. The van der Waals surface area contributed by atoms with E-state index in [1.54, 1.807) is 0 Å². The van der Waals surface area contributed by atoms with E-state index < -0.39 is 0 Å². The van der Waals surface area contributed by atoms with Crippen LogP contribution in [0.5, 0.6) is 0 Å². The van der Waals surface area contributed by atoms with Crippen LogP contribution in [0.4, 0.5) is 5.69 Å². The highest BCUT2D eigenvalue weighted by Crippen LogP contribution is 2.34. The van der Waals surface area contributed by atoms with Crippen molar-refractivity contribution < 1.29 is 0 Å². The molecule has 0 aliphatic heterocycles. The summed E-state index contributed by atoms with van der Waals surface area (Å²) >= 11 is 2.33. The highest BCUT2D eigenvalue weighted by molar-refractivity contribution is 14.1. The van der Waals surface area contributed by atoms with Crippen LogP contribution >= 0.6 is 22.6 Å². The van der Waals surface area contributed by atoms with Crippen LogP contribution in [0.25, 0.3) is 10.9 Å². The Morgan fingerprint density at radius 2 is 1.88 bits per heavy atom. The van der Waals surface area contributed by atoms with E-state index in [2.05, 4.69) is 55.5 Å². The average molecular weight is 340 g/mol. The summed E-state index contributed by atoms with van der Waals surface area (Å²) in [6.45, 7) is 8.45. The first-order valence-electron chi connectivity index (χ1n) is 5.78. The van der Waals surface area contributed by atoms with E-state index in [1.165, 1.54) is 14.7 Å². The number of anilines is 1. The Kier molecular flexibility index (Phi) is 3.30. The summed E-state index contributed by atoms with van der Waals surface area (Å²) in [6.07, 6.45) is 0. The first-order valence-corrected chi connectivity index (χ1v) is 6.86. The van der Waals surface area contributed by atoms with Gasteiger partial charge in [0, 0.05) is 20.3 Å². The molecule has 0 radical (unpaired) electrons. The fourth-order valence-electron chi connectivity index (χ4n) is 2.36. The molecule has 2 nitrogen and oxygen atoms in total. The van der Waals surface area contributed by atoms with Gasteiger partial charge in [0.1, 0.15) is 0 Å². The molecule has 0 amide bonds. The highest BCUT2D eigenvalue weighted by atomic mass is 127. The van der Waals surface area contributed by atoms with E-state index in [0.29, 0.717) is 5.92 Å². The van der Waals surface area contributed by atoms with Crippen molar-refractivity contribution in [1.82, 2.24) is 4.98 Å². The van der Waals surface area contributed by atoms with Crippen molar-refractivity contribution in [1.29, 1.82) is 0 Å². The number of nitrogen functional groups attached to an aromatic ring is 1. The normalized spacial score (nSPS) is 11.4. The van der Waals surface area contributed by atoms with E-state index in [0.717, 1.165) is 22.3 Å². The van der Waals surface area contributed by atoms with Gasteiger partial charge in [-0.2, -0.15) is 0 Å². The van der Waals surface area contributed by atoms with Crippen LogP contribution in [0.1, 0.15) is 36.6 Å². The summed E-state index contributed by atoms with van der Waals surface area (Å²) in [5.74, 6) is 0.406. The van der Waals surface area contributed by atoms with Crippen LogP contribution < -0.4 is 5.73 Å². The molecule has 0 aliphatic carbocycles. The van der Waals surface area contributed by atoms with Gasteiger partial charge < -0.3 is 5.73 Å². The number of aromatic nitrogens is 1. The molecule has 3 heteroatoms. The molecule has 2 rings (SSSR count). The Morgan fingerprint density at radius 3 is 2.47 bits per heavy atom. The third kappa shape index (κ3) is 2.01. The number of pyridine rings is 1. The largest absolute Gasteiger partial charge is 0.398 e. The second kappa shape index (κ2) is 4.44. The van der Waals surface area contributed by atoms with Crippen molar-refractivity contribution in [3.63, 3.8) is 0 Å². The summed E-state index contributed by atoms with van der Waals surface area (Å²) in [4.78, 5) is 4.73. The van der Waals surface area contributed by atoms with Gasteiger partial charge in [-0.15, -0.1) is 0 Å². The number of aryl methyl sites for hydroxylation is 2. The van der Waals surface area contributed by atoms with Crippen LogP contribution in [0.3, 0.4) is 0 Å². The number of hydrogen-bond acceptors (Lipinski definition) is 2. The molecule has 0 atom stereocenters. The molecule has 1 aromatic carbocycles. The molecule has 0 aliphatic rings. The number of hydrogen-bond donors (Lipinski definition) is 1. The molecule has 0 saturated heterocycles. The predicted octanol–water partition coefficient (Wildman–Crippen LogP) is 4.16. The maximum absolute atomic E-state index is 6.35. The minimum atomic E-state index is 0.406. The van der Waals surface area contributed by atoms with Gasteiger partial charge in [-0.3, -0.25) is 4.98 Å². The Morgan fingerprint density at radius 1 is 1.24 bits per heavy atom. The SMILES string of the molecule is Cc1nc2c(C)ccc(I)c2c(N)c1C(C)C. The molecule has 2 N–H and O–H groups in total. The zero-order valence-corrected chi connectivity index (χ0v) is 12.8. The van der Waals surface area contributed by atoms with E-state index in [9.17, 15) is 0 Å². The monoisotopic (exact) mass is 340 g/mol. The number of nitrogens with two attached hydrogens (primary N) is 1. The summed E-state index contributed by atoms with van der Waals surface area (Å²) in [5, 5.41) is 1.11. The lowest BCUT2D eigenvalue weighted by molar-refractivity contribution is 0.851. The van der Waals surface area contributed by atoms with Crippen molar-refractivity contribution in [3.05, 3.63) is 32.5 Å². The lowest BCUT2D eigenvalue weighted by Gasteiger charge is -2.16. The topological polar surface area (TPSA) is 38.9 Å². The predicted molar refractivity (Wildman–Crippen MR) is 82.4 cm³/mol. The third-order valence-electron chi connectivity index (χ3n) is 3.13. The molecule has 1 heterocycles. The molecule has 0 fully saturated rings. The van der Waals surface area contributed by atoms with Crippen molar-refractivity contribution in [2.45, 2.75) is 33.6 Å². The zero-order valence-electron chi connectivity index (χ0n) is 10.6. The van der Waals surface area contributed by atoms with Crippen molar-refractivity contribution in [3.8, 4) is 0 Å². The Balaban J connectivity index is 2.97. The maximum atomic E-state index is 6.35. The molecule has 17 heavy (non-hydrogen) atoms. The number of halogens is 1. The lowest BCUT2D eigenvalue weighted by Crippen LogP contribution is -2.05. The van der Waals surface area contributed by atoms with E-state index in [1.807, 2.05) is 6.92 Å². The minimum absolute atomic E-state index is 0.406. The number of rotatable bonds is 1. The summed E-state index contributed by atoms with van der Waals surface area (Å²) in [7, 11) is 0. The number of nitrogens with zero attached hydrogens (tertiary/aromatic N) is 1. The maximum Gasteiger partial charge on any atom is 0.0765 e. The van der Waals surface area contributed by atoms with Crippen molar-refractivity contribution in [2.75, 3.05) is 5.73 Å². The van der Waals surface area contributed by atoms with Crippen LogP contribution in [-0.4, -0.2) is 4.98 Å². The first-order chi connectivity index (χ1) is 7.93. The van der Waals surface area contributed by atoms with Gasteiger partial charge in [0.05, 0.1) is 5.52 Å².